The van der Waals surface area contributed by atoms with Gasteiger partial charge in [-0.1, -0.05) is 23.7 Å². The number of pyridine rings is 2. The zero-order chi connectivity index (χ0) is 25.2. The van der Waals surface area contributed by atoms with Crippen LogP contribution in [-0.2, 0) is 0 Å². The van der Waals surface area contributed by atoms with Gasteiger partial charge in [0, 0.05) is 22.8 Å². The van der Waals surface area contributed by atoms with Crippen LogP contribution in [0.3, 0.4) is 0 Å². The van der Waals surface area contributed by atoms with Crippen LogP contribution in [0.25, 0.3) is 10.9 Å². The Balaban J connectivity index is 1.61. The number of hydrogen-bond acceptors (Lipinski definition) is 7. The summed E-state index contributed by atoms with van der Waals surface area (Å²) in [6, 6.07) is 12.8. The summed E-state index contributed by atoms with van der Waals surface area (Å²) in [4.78, 5) is 8.10. The van der Waals surface area contributed by atoms with E-state index in [0.717, 1.165) is 5.56 Å². The molecule has 0 saturated heterocycles. The molecule has 0 bridgehead atoms. The van der Waals surface area contributed by atoms with E-state index in [1.165, 1.54) is 24.5 Å². The number of aromatic nitrogens is 5. The van der Waals surface area contributed by atoms with Gasteiger partial charge in [-0.05, 0) is 42.8 Å². The zero-order valence-electron chi connectivity index (χ0n) is 18.7. The number of nitriles is 1. The molecule has 36 heavy (non-hydrogen) atoms. The summed E-state index contributed by atoms with van der Waals surface area (Å²) >= 11 is 6.59. The maximum Gasteiger partial charge on any atom is 0.215 e. The number of rotatable bonds is 6. The van der Waals surface area contributed by atoms with Crippen LogP contribution < -0.4 is 10.6 Å². The lowest BCUT2D eigenvalue weighted by Crippen LogP contribution is -2.13. The first-order chi connectivity index (χ1) is 17.4. The normalized spacial score (nSPS) is 11.8. The van der Waals surface area contributed by atoms with Gasteiger partial charge in [0.05, 0.1) is 45.9 Å². The van der Waals surface area contributed by atoms with Crippen LogP contribution in [0.4, 0.5) is 25.8 Å². The van der Waals surface area contributed by atoms with Crippen molar-refractivity contribution in [1.82, 2.24) is 25.4 Å². The fourth-order valence-electron chi connectivity index (χ4n) is 3.83. The van der Waals surface area contributed by atoms with E-state index in [1.807, 2.05) is 0 Å². The molecule has 0 unspecified atom stereocenters. The van der Waals surface area contributed by atoms with Crippen LogP contribution in [0, 0.1) is 30.0 Å². The van der Waals surface area contributed by atoms with Crippen LogP contribution in [0.15, 0.2) is 61.1 Å². The number of H-pyrrole nitrogens is 1. The molecule has 178 valence electrons. The van der Waals surface area contributed by atoms with E-state index in [1.54, 1.807) is 43.5 Å². The average Bonchev–Trinajstić information content (AvgIpc) is 3.40. The van der Waals surface area contributed by atoms with E-state index in [-0.39, 0.29) is 11.4 Å². The van der Waals surface area contributed by atoms with E-state index >= 15 is 0 Å². The molecule has 0 amide bonds. The van der Waals surface area contributed by atoms with Crippen molar-refractivity contribution in [3.05, 3.63) is 100 Å². The third-order valence-corrected chi connectivity index (χ3v) is 5.86. The smallest absolute Gasteiger partial charge is 0.215 e. The number of benzene rings is 2. The second-order valence-electron chi connectivity index (χ2n) is 7.99. The van der Waals surface area contributed by atoms with Crippen LogP contribution in [-0.4, -0.2) is 25.4 Å². The van der Waals surface area contributed by atoms with Crippen LogP contribution in [0.5, 0.6) is 0 Å². The van der Waals surface area contributed by atoms with E-state index in [2.05, 4.69) is 42.1 Å². The SMILES string of the molecule is Cc1cc(Nc2c(C#N)cnc3c(Cl)cc(N[C@@H](c4ccc(F)cc4)c4cn[nH]n4)cc23)cnc1F. The van der Waals surface area contributed by atoms with Crippen molar-refractivity contribution in [2.75, 3.05) is 10.6 Å². The highest BCUT2D eigenvalue weighted by molar-refractivity contribution is 6.36. The first-order valence-corrected chi connectivity index (χ1v) is 11.1. The van der Waals surface area contributed by atoms with Crippen molar-refractivity contribution >= 4 is 39.6 Å². The Morgan fingerprint density at radius 2 is 1.83 bits per heavy atom. The molecule has 2 aromatic carbocycles. The molecule has 0 aliphatic rings. The van der Waals surface area contributed by atoms with E-state index < -0.39 is 12.0 Å². The molecule has 0 saturated carbocycles. The van der Waals surface area contributed by atoms with Crippen LogP contribution >= 0.6 is 11.6 Å². The number of hydrogen-bond donors (Lipinski definition) is 3. The van der Waals surface area contributed by atoms with Gasteiger partial charge in [-0.2, -0.15) is 25.1 Å². The Labute approximate surface area is 209 Å². The molecule has 0 fully saturated rings. The summed E-state index contributed by atoms with van der Waals surface area (Å²) in [5.74, 6) is -0.933. The predicted molar refractivity (Wildman–Crippen MR) is 132 cm³/mol. The summed E-state index contributed by atoms with van der Waals surface area (Å²) in [5, 5.41) is 27.8. The molecule has 0 radical (unpaired) electrons. The van der Waals surface area contributed by atoms with Crippen molar-refractivity contribution in [3.63, 3.8) is 0 Å². The lowest BCUT2D eigenvalue weighted by atomic mass is 10.0. The largest absolute Gasteiger partial charge is 0.373 e. The second-order valence-corrected chi connectivity index (χ2v) is 8.40. The number of nitrogens with zero attached hydrogens (tertiary/aromatic N) is 5. The quantitative estimate of drug-likeness (QED) is 0.251. The lowest BCUT2D eigenvalue weighted by Gasteiger charge is -2.20. The highest BCUT2D eigenvalue weighted by Crippen LogP contribution is 2.36. The van der Waals surface area contributed by atoms with Crippen molar-refractivity contribution in [1.29, 1.82) is 5.26 Å². The van der Waals surface area contributed by atoms with Crippen LogP contribution in [0.1, 0.15) is 28.4 Å². The third-order valence-electron chi connectivity index (χ3n) is 5.57. The minimum atomic E-state index is -0.574. The maximum absolute atomic E-state index is 13.7. The number of anilines is 3. The maximum atomic E-state index is 13.7. The van der Waals surface area contributed by atoms with Crippen molar-refractivity contribution in [2.45, 2.75) is 13.0 Å². The van der Waals surface area contributed by atoms with Gasteiger partial charge in [0.2, 0.25) is 5.95 Å². The number of fused-ring (bicyclic) bond motifs is 1. The Bertz CT molecular complexity index is 1600. The first kappa shape index (κ1) is 23.1. The molecule has 0 spiro atoms. The molecular weight excluding hydrogens is 486 g/mol. The Kier molecular flexibility index (Phi) is 6.14. The summed E-state index contributed by atoms with van der Waals surface area (Å²) in [7, 11) is 0. The number of nitrogens with one attached hydrogen (secondary N) is 3. The van der Waals surface area contributed by atoms with Gasteiger partial charge >= 0.3 is 0 Å². The fraction of sp³-hybridized carbons (Fsp3) is 0.0800. The Morgan fingerprint density at radius 1 is 1.03 bits per heavy atom. The summed E-state index contributed by atoms with van der Waals surface area (Å²) in [5.41, 5.74) is 3.95. The molecule has 0 aliphatic heterocycles. The number of aromatic amines is 1. The van der Waals surface area contributed by atoms with Gasteiger partial charge in [0.1, 0.15) is 17.6 Å². The highest BCUT2D eigenvalue weighted by atomic mass is 35.5. The summed E-state index contributed by atoms with van der Waals surface area (Å²) in [6.07, 6.45) is 4.33. The second kappa shape index (κ2) is 9.56. The van der Waals surface area contributed by atoms with Crippen molar-refractivity contribution in [2.24, 2.45) is 0 Å². The molecular formula is C25H17ClF2N8. The molecule has 5 rings (SSSR count). The van der Waals surface area contributed by atoms with Gasteiger partial charge in [0.15, 0.2) is 0 Å². The highest BCUT2D eigenvalue weighted by Gasteiger charge is 2.19. The molecule has 3 N–H and O–H groups in total. The van der Waals surface area contributed by atoms with Gasteiger partial charge in [-0.15, -0.1) is 0 Å². The molecule has 3 aromatic heterocycles. The van der Waals surface area contributed by atoms with Gasteiger partial charge in [-0.25, -0.2) is 9.37 Å². The predicted octanol–water partition coefficient (Wildman–Crippen LogP) is 5.80. The van der Waals surface area contributed by atoms with Gasteiger partial charge in [0.25, 0.3) is 0 Å². The zero-order valence-corrected chi connectivity index (χ0v) is 19.5. The third kappa shape index (κ3) is 4.52. The summed E-state index contributed by atoms with van der Waals surface area (Å²) < 4.78 is 27.2. The van der Waals surface area contributed by atoms with Gasteiger partial charge in [-0.3, -0.25) is 4.98 Å². The molecule has 5 aromatic rings. The molecule has 8 nitrogen and oxygen atoms in total. The first-order valence-electron chi connectivity index (χ1n) is 10.7. The van der Waals surface area contributed by atoms with Crippen LogP contribution in [0.2, 0.25) is 5.02 Å². The topological polar surface area (TPSA) is 115 Å². The number of halogens is 3. The van der Waals surface area contributed by atoms with Gasteiger partial charge < -0.3 is 10.6 Å². The van der Waals surface area contributed by atoms with E-state index in [9.17, 15) is 14.0 Å². The monoisotopic (exact) mass is 502 g/mol. The Hall–Kier alpha value is -4.62. The molecule has 1 atom stereocenters. The lowest BCUT2D eigenvalue weighted by molar-refractivity contribution is 0.575. The summed E-state index contributed by atoms with van der Waals surface area (Å²) in [6.45, 7) is 1.60. The van der Waals surface area contributed by atoms with Crippen molar-refractivity contribution < 1.29 is 8.78 Å². The molecule has 11 heteroatoms. The minimum Gasteiger partial charge on any atom is -0.373 e. The number of aryl methyl sites for hydroxylation is 1. The fourth-order valence-corrected chi connectivity index (χ4v) is 4.10. The minimum absolute atomic E-state index is 0.268. The molecule has 3 heterocycles. The van der Waals surface area contributed by atoms with Crippen molar-refractivity contribution in [3.8, 4) is 6.07 Å². The Morgan fingerprint density at radius 3 is 2.53 bits per heavy atom. The molecule has 0 aliphatic carbocycles. The average molecular weight is 503 g/mol. The van der Waals surface area contributed by atoms with E-state index in [0.29, 0.717) is 44.2 Å². The standard InChI is InChI=1S/C25H17ClF2N8/c1-13-6-18(11-31-25(13)28)34-22-15(9-29)10-30-24-19(22)7-17(8-20(24)26)33-23(21-12-32-36-35-21)14-2-4-16(27)5-3-14/h2-8,10-12,23,33H,1H3,(H,30,34)(H,32,35,36)/t23-/m0/s1. The van der Waals surface area contributed by atoms with E-state index in [4.69, 9.17) is 11.6 Å².